The monoisotopic (exact) mass is 459 g/mol. The third kappa shape index (κ3) is 5.74. The maximum Gasteiger partial charge on any atom is 0.341 e. The number of esters is 1. The van der Waals surface area contributed by atoms with Crippen LogP contribution in [0, 0.1) is 10.1 Å². The van der Waals surface area contributed by atoms with Gasteiger partial charge in [0, 0.05) is 23.1 Å². The average molecular weight is 460 g/mol. The molecule has 0 saturated heterocycles. The second-order valence-corrected chi connectivity index (χ2v) is 8.27. The molecule has 10 heteroatoms. The number of thiocarbonyl (C=S) groups is 1. The Kier molecular flexibility index (Phi) is 7.48. The number of ether oxygens (including phenoxy) is 1. The number of nitro groups is 1. The van der Waals surface area contributed by atoms with Crippen molar-refractivity contribution in [1.82, 2.24) is 5.32 Å². The van der Waals surface area contributed by atoms with Crippen LogP contribution in [-0.4, -0.2) is 28.5 Å². The van der Waals surface area contributed by atoms with Crippen LogP contribution in [0.25, 0.3) is 6.08 Å². The summed E-state index contributed by atoms with van der Waals surface area (Å²) in [5.74, 6) is -0.855. The summed E-state index contributed by atoms with van der Waals surface area (Å²) >= 11 is 6.70. The van der Waals surface area contributed by atoms with Crippen molar-refractivity contribution in [3.05, 3.63) is 62.0 Å². The molecule has 1 aliphatic carbocycles. The minimum absolute atomic E-state index is 0.0250. The first kappa shape index (κ1) is 22.6. The molecule has 1 aromatic heterocycles. The first-order valence-electron chi connectivity index (χ1n) is 9.75. The zero-order valence-electron chi connectivity index (χ0n) is 16.8. The average Bonchev–Trinajstić information content (AvgIpc) is 3.10. The van der Waals surface area contributed by atoms with E-state index in [0.717, 1.165) is 36.1 Å². The van der Waals surface area contributed by atoms with Gasteiger partial charge >= 0.3 is 5.97 Å². The number of aryl methyl sites for hydroxylation is 1. The summed E-state index contributed by atoms with van der Waals surface area (Å²) in [5.41, 5.74) is 2.11. The van der Waals surface area contributed by atoms with Crippen LogP contribution in [0.15, 0.2) is 30.3 Å². The quantitative estimate of drug-likeness (QED) is 0.219. The van der Waals surface area contributed by atoms with E-state index in [0.29, 0.717) is 16.1 Å². The Morgan fingerprint density at radius 3 is 2.65 bits per heavy atom. The number of anilines is 1. The minimum atomic E-state index is -0.489. The van der Waals surface area contributed by atoms with Gasteiger partial charge in [-0.25, -0.2) is 4.79 Å². The highest BCUT2D eigenvalue weighted by atomic mass is 32.1. The number of thiophene rings is 1. The fraction of sp³-hybridized carbons (Fsp3) is 0.286. The molecule has 2 N–H and O–H groups in total. The maximum atomic E-state index is 12.5. The van der Waals surface area contributed by atoms with E-state index in [4.69, 9.17) is 17.0 Å². The number of rotatable bonds is 6. The van der Waals surface area contributed by atoms with Gasteiger partial charge in [-0.15, -0.1) is 11.3 Å². The van der Waals surface area contributed by atoms with Gasteiger partial charge in [-0.1, -0.05) is 0 Å². The Balaban J connectivity index is 1.66. The zero-order chi connectivity index (χ0) is 22.4. The van der Waals surface area contributed by atoms with Crippen LogP contribution in [0.4, 0.5) is 10.7 Å². The Morgan fingerprint density at radius 1 is 1.26 bits per heavy atom. The number of amides is 1. The highest BCUT2D eigenvalue weighted by molar-refractivity contribution is 7.80. The first-order valence-corrected chi connectivity index (χ1v) is 11.0. The molecule has 0 aliphatic heterocycles. The van der Waals surface area contributed by atoms with E-state index in [9.17, 15) is 19.7 Å². The molecular weight excluding hydrogens is 438 g/mol. The number of hydrogen-bond acceptors (Lipinski definition) is 7. The predicted octanol–water partition coefficient (Wildman–Crippen LogP) is 4.24. The van der Waals surface area contributed by atoms with Gasteiger partial charge in [-0.3, -0.25) is 20.2 Å². The lowest BCUT2D eigenvalue weighted by molar-refractivity contribution is -0.384. The Labute approximate surface area is 188 Å². The van der Waals surface area contributed by atoms with E-state index in [1.165, 1.54) is 35.6 Å². The highest BCUT2D eigenvalue weighted by Gasteiger charge is 2.26. The lowest BCUT2D eigenvalue weighted by Crippen LogP contribution is -2.33. The molecular formula is C21H21N3O5S2. The zero-order valence-corrected chi connectivity index (χ0v) is 18.4. The van der Waals surface area contributed by atoms with Crippen molar-refractivity contribution in [2.24, 2.45) is 0 Å². The summed E-state index contributed by atoms with van der Waals surface area (Å²) in [5, 5.41) is 16.9. The van der Waals surface area contributed by atoms with Gasteiger partial charge in [0.2, 0.25) is 5.91 Å². The molecule has 3 rings (SSSR count). The van der Waals surface area contributed by atoms with E-state index in [2.05, 4.69) is 10.6 Å². The van der Waals surface area contributed by atoms with Crippen LogP contribution >= 0.6 is 23.6 Å². The van der Waals surface area contributed by atoms with E-state index < -0.39 is 16.8 Å². The summed E-state index contributed by atoms with van der Waals surface area (Å²) in [6.07, 6.45) is 6.62. The minimum Gasteiger partial charge on any atom is -0.462 e. The van der Waals surface area contributed by atoms with Crippen molar-refractivity contribution in [3.63, 3.8) is 0 Å². The lowest BCUT2D eigenvalue weighted by Gasteiger charge is -2.12. The summed E-state index contributed by atoms with van der Waals surface area (Å²) < 4.78 is 5.21. The fourth-order valence-corrected chi connectivity index (χ4v) is 4.79. The molecule has 0 bridgehead atoms. The van der Waals surface area contributed by atoms with E-state index in [1.54, 1.807) is 19.1 Å². The first-order chi connectivity index (χ1) is 14.9. The molecule has 1 aliphatic rings. The fourth-order valence-electron chi connectivity index (χ4n) is 3.24. The molecule has 0 radical (unpaired) electrons. The number of hydrogen-bond donors (Lipinski definition) is 2. The molecule has 31 heavy (non-hydrogen) atoms. The van der Waals surface area contributed by atoms with E-state index >= 15 is 0 Å². The molecule has 0 fully saturated rings. The van der Waals surface area contributed by atoms with Crippen molar-refractivity contribution in [2.75, 3.05) is 11.9 Å². The maximum absolute atomic E-state index is 12.5. The largest absolute Gasteiger partial charge is 0.462 e. The van der Waals surface area contributed by atoms with Gasteiger partial charge in [-0.2, -0.15) is 0 Å². The van der Waals surface area contributed by atoms with Crippen molar-refractivity contribution < 1.29 is 19.2 Å². The number of non-ortho nitro benzene ring substituents is 1. The summed E-state index contributed by atoms with van der Waals surface area (Å²) in [6, 6.07) is 5.80. The van der Waals surface area contributed by atoms with Crippen LogP contribution in [0.2, 0.25) is 0 Å². The second kappa shape index (κ2) is 10.3. The third-order valence-corrected chi connectivity index (χ3v) is 6.06. The number of nitrogens with zero attached hydrogens (tertiary/aromatic N) is 1. The molecule has 0 atom stereocenters. The predicted molar refractivity (Wildman–Crippen MR) is 123 cm³/mol. The smallest absolute Gasteiger partial charge is 0.341 e. The Morgan fingerprint density at radius 2 is 1.97 bits per heavy atom. The standard InChI is InChI=1S/C21H21N3O5S2/c1-2-29-20(26)18-15-5-3-4-6-16(15)31-19(18)23-21(30)22-17(25)12-9-13-7-10-14(11-8-13)24(27)28/h7-12H,2-6H2,1H3,(H2,22,23,25,30)/b12-9+. The Bertz CT molecular complexity index is 1040. The van der Waals surface area contributed by atoms with Crippen LogP contribution < -0.4 is 10.6 Å². The molecule has 8 nitrogen and oxygen atoms in total. The second-order valence-electron chi connectivity index (χ2n) is 6.76. The third-order valence-electron chi connectivity index (χ3n) is 4.65. The number of benzene rings is 1. The number of nitrogens with one attached hydrogen (secondary N) is 2. The van der Waals surface area contributed by atoms with Crippen molar-refractivity contribution in [1.29, 1.82) is 0 Å². The summed E-state index contributed by atoms with van der Waals surface area (Å²) in [6.45, 7) is 2.03. The molecule has 0 saturated carbocycles. The molecule has 0 unspecified atom stereocenters. The van der Waals surface area contributed by atoms with Crippen LogP contribution in [0.5, 0.6) is 0 Å². The van der Waals surface area contributed by atoms with Crippen molar-refractivity contribution in [3.8, 4) is 0 Å². The topological polar surface area (TPSA) is 111 Å². The van der Waals surface area contributed by atoms with Crippen LogP contribution in [0.3, 0.4) is 0 Å². The van der Waals surface area contributed by atoms with Gasteiger partial charge in [0.25, 0.3) is 5.69 Å². The summed E-state index contributed by atoms with van der Waals surface area (Å²) in [4.78, 5) is 36.0. The van der Waals surface area contributed by atoms with Gasteiger partial charge in [0.1, 0.15) is 5.00 Å². The van der Waals surface area contributed by atoms with Gasteiger partial charge in [-0.05, 0) is 74.2 Å². The van der Waals surface area contributed by atoms with E-state index in [1.807, 2.05) is 0 Å². The SMILES string of the molecule is CCOC(=O)c1c(NC(=S)NC(=O)/C=C/c2ccc([N+](=O)[O-])cc2)sc2c1CCCC2. The highest BCUT2D eigenvalue weighted by Crippen LogP contribution is 2.38. The molecule has 1 heterocycles. The van der Waals surface area contributed by atoms with Gasteiger partial charge in [0.15, 0.2) is 5.11 Å². The number of carbonyl (C=O) groups is 2. The van der Waals surface area contributed by atoms with Crippen molar-refractivity contribution in [2.45, 2.75) is 32.6 Å². The van der Waals surface area contributed by atoms with Crippen LogP contribution in [-0.2, 0) is 22.4 Å². The normalized spacial score (nSPS) is 12.8. The van der Waals surface area contributed by atoms with Gasteiger partial charge < -0.3 is 10.1 Å². The Hall–Kier alpha value is -3.11. The van der Waals surface area contributed by atoms with Crippen molar-refractivity contribution >= 4 is 57.3 Å². The molecule has 1 aromatic carbocycles. The summed E-state index contributed by atoms with van der Waals surface area (Å²) in [7, 11) is 0. The molecule has 0 spiro atoms. The van der Waals surface area contributed by atoms with Gasteiger partial charge in [0.05, 0.1) is 17.1 Å². The number of carbonyl (C=O) groups excluding carboxylic acids is 2. The lowest BCUT2D eigenvalue weighted by atomic mass is 9.95. The molecule has 2 aromatic rings. The molecule has 162 valence electrons. The number of nitro benzene ring substituents is 1. The molecule has 1 amide bonds. The number of fused-ring (bicyclic) bond motifs is 1. The van der Waals surface area contributed by atoms with E-state index in [-0.39, 0.29) is 17.4 Å². The van der Waals surface area contributed by atoms with Crippen LogP contribution in [0.1, 0.15) is 46.1 Å².